The summed E-state index contributed by atoms with van der Waals surface area (Å²) >= 11 is 0. The number of nitrogens with zero attached hydrogens (tertiary/aromatic N) is 5. The maximum absolute atomic E-state index is 13.0. The monoisotopic (exact) mass is 422 g/mol. The Morgan fingerprint density at radius 3 is 2.61 bits per heavy atom. The molecular weight excluding hydrogens is 399 g/mol. The lowest BCUT2D eigenvalue weighted by Gasteiger charge is -2.28. The van der Waals surface area contributed by atoms with E-state index < -0.39 is 5.95 Å². The second-order valence-electron chi connectivity index (χ2n) is 7.21. The molecule has 1 aromatic carbocycles. The van der Waals surface area contributed by atoms with E-state index in [9.17, 15) is 9.18 Å². The highest BCUT2D eigenvalue weighted by Crippen LogP contribution is 2.20. The Balaban J connectivity index is 1.40. The average Bonchev–Trinajstić information content (AvgIpc) is 2.81. The molecule has 0 spiro atoms. The molecule has 2 aromatic heterocycles. The Morgan fingerprint density at radius 1 is 1.13 bits per heavy atom. The normalized spacial score (nSPS) is 13.7. The SMILES string of the molecule is CN(Cc1ccc(F)nc1)c1cc(C(=O)Nc2ccc(N3CCOCC3)cc2)ncn1. The number of hydrogen-bond acceptors (Lipinski definition) is 7. The summed E-state index contributed by atoms with van der Waals surface area (Å²) < 4.78 is 18.4. The molecule has 0 unspecified atom stereocenters. The molecule has 9 heteroatoms. The van der Waals surface area contributed by atoms with Crippen LogP contribution in [-0.4, -0.2) is 54.2 Å². The first-order chi connectivity index (χ1) is 15.1. The molecule has 0 radical (unpaired) electrons. The Labute approximate surface area is 179 Å². The van der Waals surface area contributed by atoms with Crippen LogP contribution in [0.2, 0.25) is 0 Å². The van der Waals surface area contributed by atoms with Crippen molar-refractivity contribution in [1.29, 1.82) is 0 Å². The molecule has 3 aromatic rings. The summed E-state index contributed by atoms with van der Waals surface area (Å²) in [4.78, 5) is 28.7. The van der Waals surface area contributed by atoms with Gasteiger partial charge in [-0.15, -0.1) is 0 Å². The lowest BCUT2D eigenvalue weighted by Crippen LogP contribution is -2.36. The van der Waals surface area contributed by atoms with Gasteiger partial charge in [0.25, 0.3) is 5.91 Å². The number of rotatable bonds is 6. The molecule has 1 aliphatic rings. The molecule has 0 atom stereocenters. The third-order valence-corrected chi connectivity index (χ3v) is 4.99. The average molecular weight is 422 g/mol. The van der Waals surface area contributed by atoms with Gasteiger partial charge in [-0.1, -0.05) is 6.07 Å². The summed E-state index contributed by atoms with van der Waals surface area (Å²) in [5.74, 6) is -0.267. The van der Waals surface area contributed by atoms with Crippen LogP contribution in [0.25, 0.3) is 0 Å². The number of pyridine rings is 1. The molecule has 3 heterocycles. The number of morpholine rings is 1. The van der Waals surface area contributed by atoms with Gasteiger partial charge in [-0.05, 0) is 35.9 Å². The van der Waals surface area contributed by atoms with Crippen LogP contribution < -0.4 is 15.1 Å². The molecule has 1 fully saturated rings. The van der Waals surface area contributed by atoms with E-state index in [1.54, 1.807) is 12.1 Å². The van der Waals surface area contributed by atoms with Crippen LogP contribution in [0.15, 0.2) is 55.0 Å². The number of anilines is 3. The van der Waals surface area contributed by atoms with Crippen LogP contribution in [0.5, 0.6) is 0 Å². The summed E-state index contributed by atoms with van der Waals surface area (Å²) in [6, 6.07) is 12.3. The number of carbonyl (C=O) groups excluding carboxylic acids is 1. The van der Waals surface area contributed by atoms with Gasteiger partial charge in [0, 0.05) is 50.3 Å². The maximum Gasteiger partial charge on any atom is 0.274 e. The van der Waals surface area contributed by atoms with Gasteiger partial charge in [0.1, 0.15) is 17.8 Å². The van der Waals surface area contributed by atoms with E-state index in [2.05, 4.69) is 25.2 Å². The number of halogens is 1. The first-order valence-electron chi connectivity index (χ1n) is 9.96. The third-order valence-electron chi connectivity index (χ3n) is 4.99. The zero-order chi connectivity index (χ0) is 21.6. The number of nitrogens with one attached hydrogen (secondary N) is 1. The Kier molecular flexibility index (Phi) is 6.32. The predicted molar refractivity (Wildman–Crippen MR) is 116 cm³/mol. The van der Waals surface area contributed by atoms with Crippen LogP contribution in [0.1, 0.15) is 16.1 Å². The van der Waals surface area contributed by atoms with E-state index in [1.807, 2.05) is 36.2 Å². The smallest absolute Gasteiger partial charge is 0.274 e. The summed E-state index contributed by atoms with van der Waals surface area (Å²) in [5, 5.41) is 2.87. The second-order valence-corrected chi connectivity index (χ2v) is 7.21. The Bertz CT molecular complexity index is 1020. The van der Waals surface area contributed by atoms with Crippen LogP contribution in [0.3, 0.4) is 0 Å². The largest absolute Gasteiger partial charge is 0.378 e. The van der Waals surface area contributed by atoms with E-state index in [1.165, 1.54) is 18.6 Å². The molecule has 160 valence electrons. The van der Waals surface area contributed by atoms with E-state index in [4.69, 9.17) is 4.74 Å². The minimum absolute atomic E-state index is 0.256. The van der Waals surface area contributed by atoms with Crippen LogP contribution in [-0.2, 0) is 11.3 Å². The Hall–Kier alpha value is -3.59. The minimum Gasteiger partial charge on any atom is -0.378 e. The molecule has 0 bridgehead atoms. The van der Waals surface area contributed by atoms with E-state index >= 15 is 0 Å². The fraction of sp³-hybridized carbons (Fsp3) is 0.273. The fourth-order valence-corrected chi connectivity index (χ4v) is 3.31. The third kappa shape index (κ3) is 5.32. The molecule has 1 saturated heterocycles. The van der Waals surface area contributed by atoms with Crippen molar-refractivity contribution >= 4 is 23.1 Å². The van der Waals surface area contributed by atoms with Gasteiger partial charge in [0.05, 0.1) is 13.2 Å². The Morgan fingerprint density at radius 2 is 1.90 bits per heavy atom. The summed E-state index contributed by atoms with van der Waals surface area (Å²) in [6.45, 7) is 3.63. The van der Waals surface area contributed by atoms with E-state index in [-0.39, 0.29) is 11.6 Å². The van der Waals surface area contributed by atoms with E-state index in [0.717, 1.165) is 37.6 Å². The van der Waals surface area contributed by atoms with Gasteiger partial charge >= 0.3 is 0 Å². The summed E-state index contributed by atoms with van der Waals surface area (Å²) in [5.41, 5.74) is 2.87. The van der Waals surface area contributed by atoms with Gasteiger partial charge in [-0.3, -0.25) is 4.79 Å². The minimum atomic E-state index is -0.523. The van der Waals surface area contributed by atoms with Gasteiger partial charge in [0.15, 0.2) is 0 Å². The predicted octanol–water partition coefficient (Wildman–Crippen LogP) is 2.74. The summed E-state index contributed by atoms with van der Waals surface area (Å²) in [6.07, 6.45) is 2.83. The van der Waals surface area contributed by atoms with Crippen molar-refractivity contribution in [1.82, 2.24) is 15.0 Å². The van der Waals surface area contributed by atoms with Crippen LogP contribution >= 0.6 is 0 Å². The molecule has 31 heavy (non-hydrogen) atoms. The zero-order valence-electron chi connectivity index (χ0n) is 17.2. The number of ether oxygens (including phenoxy) is 1. The van der Waals surface area contributed by atoms with Crippen molar-refractivity contribution < 1.29 is 13.9 Å². The highest BCUT2D eigenvalue weighted by molar-refractivity contribution is 6.03. The van der Waals surface area contributed by atoms with E-state index in [0.29, 0.717) is 18.1 Å². The summed E-state index contributed by atoms with van der Waals surface area (Å²) in [7, 11) is 1.83. The number of aromatic nitrogens is 3. The van der Waals surface area contributed by atoms with Crippen molar-refractivity contribution in [3.8, 4) is 0 Å². The van der Waals surface area contributed by atoms with Gasteiger partial charge in [-0.25, -0.2) is 15.0 Å². The van der Waals surface area contributed by atoms with Crippen molar-refractivity contribution in [2.45, 2.75) is 6.54 Å². The molecule has 1 N–H and O–H groups in total. The number of carbonyl (C=O) groups is 1. The quantitative estimate of drug-likeness (QED) is 0.612. The maximum atomic E-state index is 13.0. The molecule has 1 amide bonds. The highest BCUT2D eigenvalue weighted by atomic mass is 19.1. The second kappa shape index (κ2) is 9.48. The van der Waals surface area contributed by atoms with Gasteiger partial charge < -0.3 is 19.9 Å². The lowest BCUT2D eigenvalue weighted by molar-refractivity contribution is 0.102. The molecule has 8 nitrogen and oxygen atoms in total. The van der Waals surface area contributed by atoms with Crippen molar-refractivity contribution in [3.63, 3.8) is 0 Å². The fourth-order valence-electron chi connectivity index (χ4n) is 3.31. The molecule has 4 rings (SSSR count). The van der Waals surface area contributed by atoms with Crippen molar-refractivity contribution in [3.05, 3.63) is 72.2 Å². The van der Waals surface area contributed by atoms with Crippen molar-refractivity contribution in [2.75, 3.05) is 48.5 Å². The van der Waals surface area contributed by atoms with Crippen LogP contribution in [0.4, 0.5) is 21.6 Å². The molecule has 1 aliphatic heterocycles. The van der Waals surface area contributed by atoms with Gasteiger partial charge in [0.2, 0.25) is 5.95 Å². The first kappa shape index (κ1) is 20.7. The van der Waals surface area contributed by atoms with Crippen molar-refractivity contribution in [2.24, 2.45) is 0 Å². The molecule has 0 aliphatic carbocycles. The lowest BCUT2D eigenvalue weighted by atomic mass is 10.2. The number of hydrogen-bond donors (Lipinski definition) is 1. The van der Waals surface area contributed by atoms with Crippen LogP contribution in [0, 0.1) is 5.95 Å². The molecule has 0 saturated carbocycles. The van der Waals surface area contributed by atoms with Gasteiger partial charge in [-0.2, -0.15) is 4.39 Å². The topological polar surface area (TPSA) is 83.5 Å². The number of benzene rings is 1. The highest BCUT2D eigenvalue weighted by Gasteiger charge is 2.14. The number of amides is 1. The first-order valence-corrected chi connectivity index (χ1v) is 9.96. The standard InChI is InChI=1S/C22H23FN6O2/c1-28(14-16-2-7-20(23)24-13-16)21-12-19(25-15-26-21)22(30)27-17-3-5-18(6-4-17)29-8-10-31-11-9-29/h2-7,12-13,15H,8-11,14H2,1H3,(H,27,30). The zero-order valence-corrected chi connectivity index (χ0v) is 17.2. The molecular formula is C22H23FN6O2.